The topological polar surface area (TPSA) is 69.7 Å². The molecule has 5 heteroatoms. The highest BCUT2D eigenvalue weighted by molar-refractivity contribution is 5.97. The van der Waals surface area contributed by atoms with Crippen LogP contribution in [0, 0.1) is 17.8 Å². The van der Waals surface area contributed by atoms with Gasteiger partial charge in [-0.3, -0.25) is 14.4 Å². The second kappa shape index (κ2) is 6.86. The Balaban J connectivity index is 2.20. The Kier molecular flexibility index (Phi) is 5.31. The van der Waals surface area contributed by atoms with Crippen LogP contribution in [0.4, 0.5) is 0 Å². The Hall–Kier alpha value is -2.17. The van der Waals surface area contributed by atoms with Crippen molar-refractivity contribution in [1.82, 2.24) is 0 Å². The smallest absolute Gasteiger partial charge is 0.320 e. The molecule has 1 aliphatic heterocycles. The van der Waals surface area contributed by atoms with Crippen molar-refractivity contribution in [2.24, 2.45) is 10.8 Å². The van der Waals surface area contributed by atoms with Crippen LogP contribution >= 0.6 is 0 Å². The molecule has 0 amide bonds. The number of cyclic esters (lactones) is 2. The van der Waals surface area contributed by atoms with Gasteiger partial charge in [0.15, 0.2) is 0 Å². The van der Waals surface area contributed by atoms with E-state index in [4.69, 9.17) is 9.47 Å². The third-order valence-corrected chi connectivity index (χ3v) is 5.38. The summed E-state index contributed by atoms with van der Waals surface area (Å²) in [7, 11) is 0. The molecule has 26 heavy (non-hydrogen) atoms. The fourth-order valence-corrected chi connectivity index (χ4v) is 3.36. The van der Waals surface area contributed by atoms with E-state index in [1.807, 2.05) is 52.0 Å². The van der Waals surface area contributed by atoms with Crippen molar-refractivity contribution >= 4 is 17.9 Å². The van der Waals surface area contributed by atoms with E-state index in [1.54, 1.807) is 13.8 Å². The van der Waals surface area contributed by atoms with Crippen LogP contribution in [0.2, 0.25) is 0 Å². The van der Waals surface area contributed by atoms with Crippen LogP contribution in [0.15, 0.2) is 24.3 Å². The number of ether oxygens (including phenoxy) is 2. The molecule has 2 unspecified atom stereocenters. The normalized spacial score (nSPS) is 22.7. The molecule has 5 nitrogen and oxygen atoms in total. The molecular formula is C21H28O5. The number of hydrogen-bond donors (Lipinski definition) is 0. The Morgan fingerprint density at radius 2 is 1.77 bits per heavy atom. The van der Waals surface area contributed by atoms with Gasteiger partial charge in [0, 0.05) is 0 Å². The van der Waals surface area contributed by atoms with E-state index in [0.29, 0.717) is 6.42 Å². The molecule has 1 aromatic carbocycles. The summed E-state index contributed by atoms with van der Waals surface area (Å²) < 4.78 is 10.6. The summed E-state index contributed by atoms with van der Waals surface area (Å²) in [5.74, 6) is -1.48. The van der Waals surface area contributed by atoms with E-state index in [-0.39, 0.29) is 18.8 Å². The van der Waals surface area contributed by atoms with Crippen LogP contribution in [0.25, 0.3) is 0 Å². The standard InChI is InChI=1S/C21H28O5/c1-7-20(5,13-21(6)12-16(22)25-17(21)23)18(24)26-19(3,4)15-10-8-14(2)9-11-15/h8-11H,7,12-13H2,1-6H3. The first kappa shape index (κ1) is 20.1. The number of esters is 3. The van der Waals surface area contributed by atoms with Gasteiger partial charge < -0.3 is 9.47 Å². The average Bonchev–Trinajstić information content (AvgIpc) is 2.79. The first-order valence-electron chi connectivity index (χ1n) is 8.98. The molecule has 1 saturated heterocycles. The molecule has 142 valence electrons. The van der Waals surface area contributed by atoms with Crippen molar-refractivity contribution in [3.05, 3.63) is 35.4 Å². The van der Waals surface area contributed by atoms with Crippen LogP contribution in [0.5, 0.6) is 0 Å². The maximum atomic E-state index is 13.0. The van der Waals surface area contributed by atoms with E-state index in [9.17, 15) is 14.4 Å². The highest BCUT2D eigenvalue weighted by Crippen LogP contribution is 2.44. The lowest BCUT2D eigenvalue weighted by molar-refractivity contribution is -0.172. The third kappa shape index (κ3) is 3.97. The van der Waals surface area contributed by atoms with E-state index < -0.39 is 28.4 Å². The molecule has 0 aliphatic carbocycles. The SMILES string of the molecule is CCC(C)(CC1(C)CC(=O)OC1=O)C(=O)OC(C)(C)c1ccc(C)cc1. The van der Waals surface area contributed by atoms with Crippen molar-refractivity contribution in [3.8, 4) is 0 Å². The van der Waals surface area contributed by atoms with Crippen LogP contribution in [0.1, 0.15) is 65.0 Å². The number of carbonyl (C=O) groups excluding carboxylic acids is 3. The average molecular weight is 360 g/mol. The Labute approximate surface area is 155 Å². The van der Waals surface area contributed by atoms with Gasteiger partial charge in [-0.15, -0.1) is 0 Å². The zero-order valence-electron chi connectivity index (χ0n) is 16.5. The van der Waals surface area contributed by atoms with Gasteiger partial charge in [0.25, 0.3) is 0 Å². The summed E-state index contributed by atoms with van der Waals surface area (Å²) in [5.41, 5.74) is -0.647. The lowest BCUT2D eigenvalue weighted by Crippen LogP contribution is -2.40. The van der Waals surface area contributed by atoms with Crippen LogP contribution in [-0.4, -0.2) is 17.9 Å². The van der Waals surface area contributed by atoms with Crippen molar-refractivity contribution in [2.75, 3.05) is 0 Å². The molecule has 0 radical (unpaired) electrons. The van der Waals surface area contributed by atoms with Crippen LogP contribution < -0.4 is 0 Å². The molecule has 1 fully saturated rings. The van der Waals surface area contributed by atoms with Gasteiger partial charge >= 0.3 is 17.9 Å². The summed E-state index contributed by atoms with van der Waals surface area (Å²) in [6.07, 6.45) is 0.701. The minimum atomic E-state index is -0.991. The minimum Gasteiger partial charge on any atom is -0.454 e. The van der Waals surface area contributed by atoms with E-state index >= 15 is 0 Å². The van der Waals surface area contributed by atoms with Crippen molar-refractivity contribution < 1.29 is 23.9 Å². The maximum absolute atomic E-state index is 13.0. The Bertz CT molecular complexity index is 718. The number of benzene rings is 1. The van der Waals surface area contributed by atoms with Gasteiger partial charge in [0.2, 0.25) is 0 Å². The zero-order valence-corrected chi connectivity index (χ0v) is 16.5. The number of hydrogen-bond acceptors (Lipinski definition) is 5. The molecule has 0 N–H and O–H groups in total. The van der Waals surface area contributed by atoms with Gasteiger partial charge in [0.1, 0.15) is 5.60 Å². The van der Waals surface area contributed by atoms with Gasteiger partial charge in [-0.25, -0.2) is 0 Å². The molecule has 2 rings (SSSR count). The van der Waals surface area contributed by atoms with Gasteiger partial charge in [-0.2, -0.15) is 0 Å². The molecular weight excluding hydrogens is 332 g/mol. The fourth-order valence-electron chi connectivity index (χ4n) is 3.36. The molecule has 0 spiro atoms. The van der Waals surface area contributed by atoms with E-state index in [0.717, 1.165) is 11.1 Å². The summed E-state index contributed by atoms with van der Waals surface area (Å²) in [4.78, 5) is 36.6. The highest BCUT2D eigenvalue weighted by atomic mass is 16.6. The van der Waals surface area contributed by atoms with E-state index in [1.165, 1.54) is 0 Å². The van der Waals surface area contributed by atoms with Crippen LogP contribution in [0.3, 0.4) is 0 Å². The molecule has 0 bridgehead atoms. The number of carbonyl (C=O) groups is 3. The third-order valence-electron chi connectivity index (χ3n) is 5.38. The molecule has 0 saturated carbocycles. The summed E-state index contributed by atoms with van der Waals surface area (Å²) >= 11 is 0. The largest absolute Gasteiger partial charge is 0.454 e. The minimum absolute atomic E-state index is 0.00391. The number of rotatable bonds is 6. The van der Waals surface area contributed by atoms with Crippen molar-refractivity contribution in [2.45, 2.75) is 66.4 Å². The summed E-state index contributed by atoms with van der Waals surface area (Å²) in [5, 5.41) is 0. The molecule has 2 atom stereocenters. The first-order chi connectivity index (χ1) is 11.9. The van der Waals surface area contributed by atoms with Gasteiger partial charge in [-0.1, -0.05) is 36.8 Å². The highest BCUT2D eigenvalue weighted by Gasteiger charge is 2.51. The second-order valence-corrected chi connectivity index (χ2v) is 8.36. The first-order valence-corrected chi connectivity index (χ1v) is 8.98. The van der Waals surface area contributed by atoms with Gasteiger partial charge in [-0.05, 0) is 53.0 Å². The molecule has 1 aliphatic rings. The van der Waals surface area contributed by atoms with Crippen molar-refractivity contribution in [1.29, 1.82) is 0 Å². The van der Waals surface area contributed by atoms with Gasteiger partial charge in [0.05, 0.1) is 17.3 Å². The summed E-state index contributed by atoms with van der Waals surface area (Å²) in [6, 6.07) is 7.84. The lowest BCUT2D eigenvalue weighted by Gasteiger charge is -2.36. The fraction of sp³-hybridized carbons (Fsp3) is 0.571. The molecule has 1 aromatic rings. The molecule has 1 heterocycles. The molecule has 0 aromatic heterocycles. The quantitative estimate of drug-likeness (QED) is 0.565. The lowest BCUT2D eigenvalue weighted by atomic mass is 9.70. The predicted octanol–water partition coefficient (Wildman–Crippen LogP) is 4.06. The monoisotopic (exact) mass is 360 g/mol. The Morgan fingerprint density at radius 3 is 2.23 bits per heavy atom. The van der Waals surface area contributed by atoms with Crippen LogP contribution in [-0.2, 0) is 29.5 Å². The Morgan fingerprint density at radius 1 is 1.19 bits per heavy atom. The predicted molar refractivity (Wildman–Crippen MR) is 97.1 cm³/mol. The zero-order chi connectivity index (χ0) is 19.8. The number of aryl methyl sites for hydroxylation is 1. The second-order valence-electron chi connectivity index (χ2n) is 8.36. The maximum Gasteiger partial charge on any atom is 0.320 e. The summed E-state index contributed by atoms with van der Waals surface area (Å²) in [6.45, 7) is 11.0. The van der Waals surface area contributed by atoms with E-state index in [2.05, 4.69) is 0 Å². The van der Waals surface area contributed by atoms with Crippen molar-refractivity contribution in [3.63, 3.8) is 0 Å².